The van der Waals surface area contributed by atoms with Crippen LogP contribution in [0.2, 0.25) is 0 Å². The molecule has 2 heterocycles. The number of aromatic amines is 1. The fourth-order valence-corrected chi connectivity index (χ4v) is 2.54. The molecule has 0 atom stereocenters. The molecule has 8 heteroatoms. The fraction of sp³-hybridized carbons (Fsp3) is 0.600. The molecule has 0 unspecified atom stereocenters. The molecule has 0 saturated carbocycles. The number of nitrogens with zero attached hydrogens (tertiary/aromatic N) is 2. The molecule has 18 heavy (non-hydrogen) atoms. The van der Waals surface area contributed by atoms with E-state index >= 15 is 0 Å². The first-order chi connectivity index (χ1) is 8.38. The highest BCUT2D eigenvalue weighted by atomic mass is 32.2. The third-order valence-electron chi connectivity index (χ3n) is 2.99. The Hall–Kier alpha value is -1.41. The van der Waals surface area contributed by atoms with Gasteiger partial charge in [-0.25, -0.2) is 13.4 Å². The van der Waals surface area contributed by atoms with Gasteiger partial charge in [0.25, 0.3) is 5.56 Å². The quantitative estimate of drug-likeness (QED) is 0.722. The SMILES string of the molecule is CS(=O)(=O)c1cnc(N2CCC(N)CC2)[nH]c1=O. The van der Waals surface area contributed by atoms with Crippen LogP contribution < -0.4 is 16.2 Å². The second kappa shape index (κ2) is 4.69. The van der Waals surface area contributed by atoms with Crippen LogP contribution >= 0.6 is 0 Å². The van der Waals surface area contributed by atoms with Crippen molar-refractivity contribution in [1.29, 1.82) is 0 Å². The van der Waals surface area contributed by atoms with Gasteiger partial charge in [0.2, 0.25) is 5.95 Å². The molecule has 1 aliphatic rings. The van der Waals surface area contributed by atoms with E-state index in [1.54, 1.807) is 0 Å². The summed E-state index contributed by atoms with van der Waals surface area (Å²) in [6, 6.07) is 0.184. The van der Waals surface area contributed by atoms with Crippen LogP contribution in [-0.4, -0.2) is 43.8 Å². The lowest BCUT2D eigenvalue weighted by Gasteiger charge is -2.30. The molecule has 0 spiro atoms. The number of sulfone groups is 1. The van der Waals surface area contributed by atoms with Gasteiger partial charge in [-0.2, -0.15) is 0 Å². The summed E-state index contributed by atoms with van der Waals surface area (Å²) in [6.07, 6.45) is 3.76. The maximum atomic E-state index is 11.7. The average molecular weight is 272 g/mol. The largest absolute Gasteiger partial charge is 0.342 e. The van der Waals surface area contributed by atoms with Crippen LogP contribution in [0.3, 0.4) is 0 Å². The summed E-state index contributed by atoms with van der Waals surface area (Å²) >= 11 is 0. The molecule has 0 aromatic carbocycles. The Morgan fingerprint density at radius 3 is 2.56 bits per heavy atom. The lowest BCUT2D eigenvalue weighted by atomic mass is 10.1. The van der Waals surface area contributed by atoms with Gasteiger partial charge < -0.3 is 10.6 Å². The number of aromatic nitrogens is 2. The average Bonchev–Trinajstić information content (AvgIpc) is 2.28. The normalized spacial score (nSPS) is 18.0. The lowest BCUT2D eigenvalue weighted by molar-refractivity contribution is 0.495. The zero-order valence-electron chi connectivity index (χ0n) is 10.1. The third-order valence-corrected chi connectivity index (χ3v) is 4.08. The van der Waals surface area contributed by atoms with Crippen LogP contribution in [0.15, 0.2) is 15.9 Å². The highest BCUT2D eigenvalue weighted by molar-refractivity contribution is 7.90. The molecule has 0 bridgehead atoms. The monoisotopic (exact) mass is 272 g/mol. The number of H-pyrrole nitrogens is 1. The molecule has 1 saturated heterocycles. The van der Waals surface area contributed by atoms with Crippen molar-refractivity contribution in [2.75, 3.05) is 24.2 Å². The van der Waals surface area contributed by atoms with Gasteiger partial charge in [0.1, 0.15) is 4.90 Å². The zero-order valence-corrected chi connectivity index (χ0v) is 10.9. The van der Waals surface area contributed by atoms with E-state index in [9.17, 15) is 13.2 Å². The Kier molecular flexibility index (Phi) is 3.40. The van der Waals surface area contributed by atoms with Crippen LogP contribution in [0.1, 0.15) is 12.8 Å². The van der Waals surface area contributed by atoms with Gasteiger partial charge in [-0.05, 0) is 12.8 Å². The van der Waals surface area contributed by atoms with Crippen molar-refractivity contribution in [3.05, 3.63) is 16.6 Å². The number of rotatable bonds is 2. The smallest absolute Gasteiger partial charge is 0.271 e. The predicted molar refractivity (Wildman–Crippen MR) is 67.4 cm³/mol. The van der Waals surface area contributed by atoms with E-state index < -0.39 is 15.4 Å². The number of piperidine rings is 1. The second-order valence-corrected chi connectivity index (χ2v) is 6.48. The second-order valence-electron chi connectivity index (χ2n) is 4.50. The molecular weight excluding hydrogens is 256 g/mol. The Morgan fingerprint density at radius 2 is 2.06 bits per heavy atom. The standard InChI is InChI=1S/C10H16N4O3S/c1-18(16,17)8-6-12-10(13-9(8)15)14-4-2-7(11)3-5-14/h6-7H,2-5,11H2,1H3,(H,12,13,15). The number of hydrogen-bond donors (Lipinski definition) is 2. The van der Waals surface area contributed by atoms with Gasteiger partial charge in [-0.15, -0.1) is 0 Å². The third kappa shape index (κ3) is 2.70. The Bertz CT molecular complexity index is 587. The Labute approximate surface area is 105 Å². The lowest BCUT2D eigenvalue weighted by Crippen LogP contribution is -2.41. The number of hydrogen-bond acceptors (Lipinski definition) is 6. The van der Waals surface area contributed by atoms with Crippen molar-refractivity contribution in [2.45, 2.75) is 23.8 Å². The summed E-state index contributed by atoms with van der Waals surface area (Å²) in [6.45, 7) is 1.42. The highest BCUT2D eigenvalue weighted by Crippen LogP contribution is 2.14. The first-order valence-corrected chi connectivity index (χ1v) is 7.57. The van der Waals surface area contributed by atoms with Crippen LogP contribution in [0.5, 0.6) is 0 Å². The van der Waals surface area contributed by atoms with Crippen molar-refractivity contribution in [1.82, 2.24) is 9.97 Å². The van der Waals surface area contributed by atoms with E-state index in [0.717, 1.165) is 25.3 Å². The molecule has 3 N–H and O–H groups in total. The predicted octanol–water partition coefficient (Wildman–Crippen LogP) is -0.899. The molecule has 0 radical (unpaired) electrons. The molecule has 0 amide bonds. The maximum Gasteiger partial charge on any atom is 0.271 e. The Morgan fingerprint density at radius 1 is 1.44 bits per heavy atom. The first kappa shape index (κ1) is 13.0. The van der Waals surface area contributed by atoms with Crippen molar-refractivity contribution in [2.24, 2.45) is 5.73 Å². The molecule has 0 aliphatic carbocycles. The van der Waals surface area contributed by atoms with E-state index in [0.29, 0.717) is 19.0 Å². The molecule has 100 valence electrons. The minimum absolute atomic E-state index is 0.184. The van der Waals surface area contributed by atoms with E-state index in [1.807, 2.05) is 4.90 Å². The molecule has 1 fully saturated rings. The summed E-state index contributed by atoms with van der Waals surface area (Å²) in [5, 5.41) is 0. The number of nitrogens with two attached hydrogens (primary N) is 1. The van der Waals surface area contributed by atoms with Gasteiger partial charge >= 0.3 is 0 Å². The van der Waals surface area contributed by atoms with Crippen LogP contribution in [-0.2, 0) is 9.84 Å². The fourth-order valence-electron chi connectivity index (χ4n) is 1.91. The number of nitrogens with one attached hydrogen (secondary N) is 1. The van der Waals surface area contributed by atoms with Crippen LogP contribution in [0.25, 0.3) is 0 Å². The van der Waals surface area contributed by atoms with Gasteiger partial charge in [-0.3, -0.25) is 9.78 Å². The summed E-state index contributed by atoms with van der Waals surface area (Å²) in [4.78, 5) is 19.8. The summed E-state index contributed by atoms with van der Waals surface area (Å²) in [5.41, 5.74) is 5.16. The first-order valence-electron chi connectivity index (χ1n) is 5.68. The van der Waals surface area contributed by atoms with Crippen LogP contribution in [0, 0.1) is 0 Å². The molecule has 2 rings (SSSR count). The summed E-state index contributed by atoms with van der Waals surface area (Å²) in [5.74, 6) is 0.402. The maximum absolute atomic E-state index is 11.7. The van der Waals surface area contributed by atoms with Crippen LogP contribution in [0.4, 0.5) is 5.95 Å². The van der Waals surface area contributed by atoms with Crippen molar-refractivity contribution in [3.63, 3.8) is 0 Å². The molecular formula is C10H16N4O3S. The molecule has 1 aliphatic heterocycles. The molecule has 7 nitrogen and oxygen atoms in total. The van der Waals surface area contributed by atoms with E-state index in [2.05, 4.69) is 9.97 Å². The van der Waals surface area contributed by atoms with Crippen molar-refractivity contribution >= 4 is 15.8 Å². The zero-order chi connectivity index (χ0) is 13.3. The van der Waals surface area contributed by atoms with Crippen molar-refractivity contribution < 1.29 is 8.42 Å². The summed E-state index contributed by atoms with van der Waals surface area (Å²) < 4.78 is 22.6. The van der Waals surface area contributed by atoms with Gasteiger partial charge in [0, 0.05) is 25.4 Å². The van der Waals surface area contributed by atoms with E-state index in [-0.39, 0.29) is 10.9 Å². The van der Waals surface area contributed by atoms with Crippen molar-refractivity contribution in [3.8, 4) is 0 Å². The Balaban J connectivity index is 2.27. The van der Waals surface area contributed by atoms with E-state index in [1.165, 1.54) is 0 Å². The van der Waals surface area contributed by atoms with Gasteiger partial charge in [0.05, 0.1) is 6.20 Å². The summed E-state index contributed by atoms with van der Waals surface area (Å²) in [7, 11) is -3.53. The molecule has 1 aromatic rings. The van der Waals surface area contributed by atoms with Gasteiger partial charge in [0.15, 0.2) is 9.84 Å². The highest BCUT2D eigenvalue weighted by Gasteiger charge is 2.20. The van der Waals surface area contributed by atoms with E-state index in [4.69, 9.17) is 5.73 Å². The number of anilines is 1. The minimum atomic E-state index is -3.53. The minimum Gasteiger partial charge on any atom is -0.342 e. The topological polar surface area (TPSA) is 109 Å². The van der Waals surface area contributed by atoms with Gasteiger partial charge in [-0.1, -0.05) is 0 Å². The molecule has 1 aromatic heterocycles.